The van der Waals surface area contributed by atoms with Crippen molar-refractivity contribution in [2.24, 2.45) is 0 Å². The van der Waals surface area contributed by atoms with E-state index in [0.29, 0.717) is 11.4 Å². The number of hydrogen-bond acceptors (Lipinski definition) is 2. The van der Waals surface area contributed by atoms with Crippen molar-refractivity contribution in [3.05, 3.63) is 78.5 Å². The van der Waals surface area contributed by atoms with E-state index in [2.05, 4.69) is 10.1 Å². The van der Waals surface area contributed by atoms with Gasteiger partial charge in [-0.25, -0.2) is 13.3 Å². The van der Waals surface area contributed by atoms with Crippen LogP contribution in [-0.2, 0) is 6.67 Å². The summed E-state index contributed by atoms with van der Waals surface area (Å²) < 4.78 is 28.2. The maximum Gasteiger partial charge on any atom is 0.131 e. The van der Waals surface area contributed by atoms with Gasteiger partial charge < -0.3 is 0 Å². The van der Waals surface area contributed by atoms with Gasteiger partial charge in [0.1, 0.15) is 18.2 Å². The summed E-state index contributed by atoms with van der Waals surface area (Å²) in [5.74, 6) is -0.308. The second-order valence-corrected chi connectivity index (χ2v) is 5.41. The molecule has 3 heterocycles. The second-order valence-electron chi connectivity index (χ2n) is 5.41. The maximum absolute atomic E-state index is 13.3. The Bertz CT molecular complexity index is 992. The molecule has 0 saturated carbocycles. The lowest BCUT2D eigenvalue weighted by molar-refractivity contribution is 0.468. The monoisotopic (exact) mass is 321 g/mol. The molecule has 0 unspecified atom stereocenters. The van der Waals surface area contributed by atoms with Crippen molar-refractivity contribution in [1.82, 2.24) is 14.6 Å². The predicted molar refractivity (Wildman–Crippen MR) is 88.6 cm³/mol. The van der Waals surface area contributed by atoms with Crippen LogP contribution in [0.1, 0.15) is 5.69 Å². The molecule has 5 heteroatoms. The Morgan fingerprint density at radius 2 is 1.62 bits per heavy atom. The van der Waals surface area contributed by atoms with Gasteiger partial charge in [0.25, 0.3) is 0 Å². The summed E-state index contributed by atoms with van der Waals surface area (Å²) in [5, 5.41) is 4.59. The Kier molecular flexibility index (Phi) is 3.54. The molecule has 4 rings (SSSR count). The zero-order valence-electron chi connectivity index (χ0n) is 12.7. The third kappa shape index (κ3) is 2.34. The molecule has 24 heavy (non-hydrogen) atoms. The molecule has 0 amide bonds. The molecule has 0 aliphatic heterocycles. The second kappa shape index (κ2) is 5.85. The fourth-order valence-corrected chi connectivity index (χ4v) is 2.84. The zero-order valence-corrected chi connectivity index (χ0v) is 12.7. The Morgan fingerprint density at radius 3 is 2.33 bits per heavy atom. The fraction of sp³-hybridized carbons (Fsp3) is 0.0526. The smallest absolute Gasteiger partial charge is 0.131 e. The molecule has 3 aromatic heterocycles. The number of nitrogens with zero attached hydrogens (tertiary/aromatic N) is 3. The molecule has 0 radical (unpaired) electrons. The number of benzene rings is 1. The highest BCUT2D eigenvalue weighted by Gasteiger charge is 2.17. The largest absolute Gasteiger partial charge is 0.265 e. The molecule has 0 spiro atoms. The van der Waals surface area contributed by atoms with E-state index in [1.807, 2.05) is 24.3 Å². The molecule has 0 saturated heterocycles. The van der Waals surface area contributed by atoms with Gasteiger partial charge in [-0.2, -0.15) is 5.10 Å². The van der Waals surface area contributed by atoms with Gasteiger partial charge in [-0.1, -0.05) is 6.07 Å². The third-order valence-electron chi connectivity index (χ3n) is 3.96. The minimum Gasteiger partial charge on any atom is -0.265 e. The highest BCUT2D eigenvalue weighted by molar-refractivity contribution is 5.92. The van der Waals surface area contributed by atoms with E-state index in [0.717, 1.165) is 22.2 Å². The van der Waals surface area contributed by atoms with Crippen LogP contribution in [0, 0.1) is 5.82 Å². The number of fused-ring (bicyclic) bond motifs is 1. The van der Waals surface area contributed by atoms with Crippen LogP contribution < -0.4 is 0 Å². The summed E-state index contributed by atoms with van der Waals surface area (Å²) in [6.07, 6.45) is 3.40. The van der Waals surface area contributed by atoms with Gasteiger partial charge in [0.15, 0.2) is 0 Å². The lowest BCUT2D eigenvalue weighted by Crippen LogP contribution is -1.95. The summed E-state index contributed by atoms with van der Waals surface area (Å²) in [6.45, 7) is -0.613. The van der Waals surface area contributed by atoms with E-state index in [4.69, 9.17) is 0 Å². The minimum atomic E-state index is -0.613. The SMILES string of the molecule is FCc1cccc2c(-c3ccncc3)c(-c3ccc(F)cc3)nn12. The van der Waals surface area contributed by atoms with Gasteiger partial charge in [-0.3, -0.25) is 4.98 Å². The van der Waals surface area contributed by atoms with Crippen LogP contribution in [-0.4, -0.2) is 14.6 Å². The van der Waals surface area contributed by atoms with Gasteiger partial charge in [0.05, 0.1) is 11.2 Å². The molecule has 118 valence electrons. The van der Waals surface area contributed by atoms with Gasteiger partial charge in [0.2, 0.25) is 0 Å². The van der Waals surface area contributed by atoms with Crippen LogP contribution in [0.25, 0.3) is 27.9 Å². The molecule has 0 N–H and O–H groups in total. The molecule has 0 fully saturated rings. The first-order valence-electron chi connectivity index (χ1n) is 7.51. The molecular weight excluding hydrogens is 308 g/mol. The van der Waals surface area contributed by atoms with Crippen LogP contribution in [0.3, 0.4) is 0 Å². The van der Waals surface area contributed by atoms with Crippen molar-refractivity contribution in [3.63, 3.8) is 0 Å². The highest BCUT2D eigenvalue weighted by atomic mass is 19.1. The number of alkyl halides is 1. The summed E-state index contributed by atoms with van der Waals surface area (Å²) in [4.78, 5) is 4.05. The van der Waals surface area contributed by atoms with Crippen molar-refractivity contribution in [2.75, 3.05) is 0 Å². The average molecular weight is 321 g/mol. The number of pyridine rings is 2. The maximum atomic E-state index is 13.3. The average Bonchev–Trinajstić information content (AvgIpc) is 3.02. The topological polar surface area (TPSA) is 30.2 Å². The molecular formula is C19H13F2N3. The number of rotatable bonds is 3. The first-order valence-corrected chi connectivity index (χ1v) is 7.51. The van der Waals surface area contributed by atoms with Crippen LogP contribution in [0.2, 0.25) is 0 Å². The molecule has 3 nitrogen and oxygen atoms in total. The van der Waals surface area contributed by atoms with Crippen molar-refractivity contribution >= 4 is 5.52 Å². The van der Waals surface area contributed by atoms with Crippen molar-refractivity contribution in [1.29, 1.82) is 0 Å². The van der Waals surface area contributed by atoms with Crippen LogP contribution in [0.15, 0.2) is 67.0 Å². The Hall–Kier alpha value is -3.08. The Morgan fingerprint density at radius 1 is 0.875 bits per heavy atom. The molecule has 0 aliphatic rings. The number of aromatic nitrogens is 3. The third-order valence-corrected chi connectivity index (χ3v) is 3.96. The van der Waals surface area contributed by atoms with E-state index >= 15 is 0 Å². The first-order chi connectivity index (χ1) is 11.8. The van der Waals surface area contributed by atoms with Gasteiger partial charge >= 0.3 is 0 Å². The van der Waals surface area contributed by atoms with Crippen LogP contribution in [0.5, 0.6) is 0 Å². The van der Waals surface area contributed by atoms with Crippen LogP contribution in [0.4, 0.5) is 8.78 Å². The predicted octanol–water partition coefficient (Wildman–Crippen LogP) is 4.67. The summed E-state index contributed by atoms with van der Waals surface area (Å²) >= 11 is 0. The van der Waals surface area contributed by atoms with Gasteiger partial charge in [0, 0.05) is 23.5 Å². The van der Waals surface area contributed by atoms with E-state index in [1.54, 1.807) is 35.1 Å². The normalized spacial score (nSPS) is 11.1. The van der Waals surface area contributed by atoms with E-state index < -0.39 is 6.67 Å². The van der Waals surface area contributed by atoms with Gasteiger partial charge in [-0.15, -0.1) is 0 Å². The van der Waals surface area contributed by atoms with Crippen molar-refractivity contribution in [3.8, 4) is 22.4 Å². The summed E-state index contributed by atoms with van der Waals surface area (Å²) in [5.41, 5.74) is 4.53. The highest BCUT2D eigenvalue weighted by Crippen LogP contribution is 2.35. The number of halogens is 2. The van der Waals surface area contributed by atoms with E-state index in [-0.39, 0.29) is 5.82 Å². The Labute approximate surface area is 137 Å². The first kappa shape index (κ1) is 14.5. The van der Waals surface area contributed by atoms with Gasteiger partial charge in [-0.05, 0) is 54.1 Å². The standard InChI is InChI=1S/C19H13F2N3/c20-12-16-2-1-3-17-18(13-8-10-22-11-9-13)19(23-24(16)17)14-4-6-15(21)7-5-14/h1-11H,12H2. The molecule has 0 bridgehead atoms. The van der Waals surface area contributed by atoms with Crippen molar-refractivity contribution in [2.45, 2.75) is 6.67 Å². The van der Waals surface area contributed by atoms with E-state index in [1.165, 1.54) is 12.1 Å². The minimum absolute atomic E-state index is 0.308. The zero-order chi connectivity index (χ0) is 16.5. The lowest BCUT2D eigenvalue weighted by Gasteiger charge is -2.04. The van der Waals surface area contributed by atoms with Crippen LogP contribution >= 0.6 is 0 Å². The van der Waals surface area contributed by atoms with E-state index in [9.17, 15) is 8.78 Å². The Balaban J connectivity index is 2.06. The molecule has 4 aromatic rings. The quantitative estimate of drug-likeness (QED) is 0.549. The summed E-state index contributed by atoms with van der Waals surface area (Å²) in [6, 6.07) is 15.3. The summed E-state index contributed by atoms with van der Waals surface area (Å²) in [7, 11) is 0. The molecule has 0 aliphatic carbocycles. The molecule has 0 atom stereocenters. The van der Waals surface area contributed by atoms with Crippen molar-refractivity contribution < 1.29 is 8.78 Å². The molecule has 1 aromatic carbocycles. The fourth-order valence-electron chi connectivity index (χ4n) is 2.84. The lowest BCUT2D eigenvalue weighted by atomic mass is 10.0. The number of hydrogen-bond donors (Lipinski definition) is 0.